The number of carboxylic acid groups (broad SMARTS) is 1. The molecule has 5 heteroatoms. The summed E-state index contributed by atoms with van der Waals surface area (Å²) in [7, 11) is 0. The summed E-state index contributed by atoms with van der Waals surface area (Å²) in [6.45, 7) is 6.22. The molecule has 21 heavy (non-hydrogen) atoms. The van der Waals surface area contributed by atoms with Gasteiger partial charge in [0.1, 0.15) is 0 Å². The van der Waals surface area contributed by atoms with Gasteiger partial charge in [0.05, 0.1) is 5.41 Å². The normalized spacial score (nSPS) is 23.2. The number of nitrogens with zero attached hydrogens (tertiary/aromatic N) is 1. The topological polar surface area (TPSA) is 69.6 Å². The SMILES string of the molecule is CCC1(CC)CCN(C(=O)NCC2(C(=O)O)CCCC2)C1. The first-order valence-electron chi connectivity index (χ1n) is 8.23. The third kappa shape index (κ3) is 3.16. The largest absolute Gasteiger partial charge is 0.481 e. The predicted molar refractivity (Wildman–Crippen MR) is 81.1 cm³/mol. The van der Waals surface area contributed by atoms with Crippen molar-refractivity contribution < 1.29 is 14.7 Å². The molecular formula is C16H28N2O3. The average molecular weight is 296 g/mol. The van der Waals surface area contributed by atoms with E-state index < -0.39 is 11.4 Å². The van der Waals surface area contributed by atoms with Crippen molar-refractivity contribution in [3.05, 3.63) is 0 Å². The number of nitrogens with one attached hydrogen (secondary N) is 1. The van der Waals surface area contributed by atoms with E-state index in [9.17, 15) is 14.7 Å². The van der Waals surface area contributed by atoms with E-state index in [0.29, 0.717) is 12.8 Å². The van der Waals surface area contributed by atoms with Gasteiger partial charge in [-0.2, -0.15) is 0 Å². The van der Waals surface area contributed by atoms with Gasteiger partial charge >= 0.3 is 12.0 Å². The highest BCUT2D eigenvalue weighted by molar-refractivity contribution is 5.78. The van der Waals surface area contributed by atoms with Crippen LogP contribution in [0.1, 0.15) is 58.8 Å². The van der Waals surface area contributed by atoms with Crippen molar-refractivity contribution in [1.82, 2.24) is 10.2 Å². The Morgan fingerprint density at radius 2 is 1.76 bits per heavy atom. The van der Waals surface area contributed by atoms with E-state index in [1.807, 2.05) is 4.90 Å². The van der Waals surface area contributed by atoms with Crippen LogP contribution in [0.4, 0.5) is 4.79 Å². The van der Waals surface area contributed by atoms with Crippen LogP contribution in [-0.2, 0) is 4.79 Å². The molecule has 5 nitrogen and oxygen atoms in total. The van der Waals surface area contributed by atoms with E-state index in [1.54, 1.807) is 0 Å². The Kier molecular flexibility index (Phi) is 4.79. The van der Waals surface area contributed by atoms with Crippen LogP contribution in [0.3, 0.4) is 0 Å². The minimum Gasteiger partial charge on any atom is -0.481 e. The summed E-state index contributed by atoms with van der Waals surface area (Å²) in [5, 5.41) is 12.3. The van der Waals surface area contributed by atoms with Crippen LogP contribution in [-0.4, -0.2) is 41.6 Å². The van der Waals surface area contributed by atoms with Crippen LogP contribution in [0.25, 0.3) is 0 Å². The molecule has 0 aromatic heterocycles. The van der Waals surface area contributed by atoms with E-state index in [-0.39, 0.29) is 18.0 Å². The van der Waals surface area contributed by atoms with Crippen molar-refractivity contribution in [2.75, 3.05) is 19.6 Å². The molecule has 1 aliphatic carbocycles. The molecule has 1 aliphatic heterocycles. The monoisotopic (exact) mass is 296 g/mol. The number of urea groups is 1. The van der Waals surface area contributed by atoms with Crippen LogP contribution in [0.15, 0.2) is 0 Å². The molecule has 0 spiro atoms. The fourth-order valence-electron chi connectivity index (χ4n) is 3.81. The Hall–Kier alpha value is -1.26. The van der Waals surface area contributed by atoms with Crippen molar-refractivity contribution in [2.24, 2.45) is 10.8 Å². The van der Waals surface area contributed by atoms with E-state index in [4.69, 9.17) is 0 Å². The van der Waals surface area contributed by atoms with Crippen LogP contribution >= 0.6 is 0 Å². The second kappa shape index (κ2) is 6.24. The first kappa shape index (κ1) is 16.1. The molecule has 120 valence electrons. The molecule has 2 amide bonds. The first-order chi connectivity index (χ1) is 9.97. The second-order valence-electron chi connectivity index (χ2n) is 6.83. The van der Waals surface area contributed by atoms with Gasteiger partial charge in [0.2, 0.25) is 0 Å². The molecule has 0 bridgehead atoms. The van der Waals surface area contributed by atoms with Crippen LogP contribution in [0, 0.1) is 10.8 Å². The highest BCUT2D eigenvalue weighted by Gasteiger charge is 2.42. The molecule has 2 rings (SSSR count). The summed E-state index contributed by atoms with van der Waals surface area (Å²) in [5.41, 5.74) is -0.475. The Balaban J connectivity index is 1.89. The molecule has 1 saturated heterocycles. The fourth-order valence-corrected chi connectivity index (χ4v) is 3.81. The van der Waals surface area contributed by atoms with Crippen LogP contribution < -0.4 is 5.32 Å². The summed E-state index contributed by atoms with van der Waals surface area (Å²) in [6.07, 6.45) is 6.48. The zero-order valence-corrected chi connectivity index (χ0v) is 13.3. The van der Waals surface area contributed by atoms with Crippen LogP contribution in [0.2, 0.25) is 0 Å². The minimum atomic E-state index is -0.766. The molecule has 1 heterocycles. The Labute approximate surface area is 127 Å². The lowest BCUT2D eigenvalue weighted by Crippen LogP contribution is -2.46. The lowest BCUT2D eigenvalue weighted by molar-refractivity contribution is -0.148. The Morgan fingerprint density at radius 3 is 2.24 bits per heavy atom. The third-order valence-corrected chi connectivity index (χ3v) is 5.82. The number of amides is 2. The number of rotatable bonds is 5. The summed E-state index contributed by atoms with van der Waals surface area (Å²) >= 11 is 0. The number of carbonyl (C=O) groups is 2. The zero-order valence-electron chi connectivity index (χ0n) is 13.3. The van der Waals surface area contributed by atoms with Crippen molar-refractivity contribution in [3.8, 4) is 0 Å². The van der Waals surface area contributed by atoms with E-state index in [2.05, 4.69) is 19.2 Å². The fraction of sp³-hybridized carbons (Fsp3) is 0.875. The molecule has 0 radical (unpaired) electrons. The standard InChI is InChI=1S/C16H28N2O3/c1-3-15(4-2)9-10-18(12-15)14(21)17-11-16(13(19)20)7-5-6-8-16/h3-12H2,1-2H3,(H,17,21)(H,19,20). The molecular weight excluding hydrogens is 268 g/mol. The van der Waals surface area contributed by atoms with Crippen LogP contribution in [0.5, 0.6) is 0 Å². The molecule has 0 aromatic rings. The summed E-state index contributed by atoms with van der Waals surface area (Å²) < 4.78 is 0. The quantitative estimate of drug-likeness (QED) is 0.819. The molecule has 0 atom stereocenters. The van der Waals surface area contributed by atoms with Crippen molar-refractivity contribution in [1.29, 1.82) is 0 Å². The van der Waals surface area contributed by atoms with E-state index >= 15 is 0 Å². The van der Waals surface area contributed by atoms with Gasteiger partial charge in [0, 0.05) is 19.6 Å². The molecule has 2 N–H and O–H groups in total. The van der Waals surface area contributed by atoms with Crippen molar-refractivity contribution in [3.63, 3.8) is 0 Å². The number of hydrogen-bond donors (Lipinski definition) is 2. The maximum absolute atomic E-state index is 12.3. The highest BCUT2D eigenvalue weighted by Crippen LogP contribution is 2.39. The summed E-state index contributed by atoms with van der Waals surface area (Å²) in [5.74, 6) is -0.766. The Bertz CT molecular complexity index is 398. The predicted octanol–water partition coefficient (Wildman–Crippen LogP) is 2.85. The third-order valence-electron chi connectivity index (χ3n) is 5.82. The minimum absolute atomic E-state index is 0.0914. The number of carboxylic acids is 1. The molecule has 2 aliphatic rings. The lowest BCUT2D eigenvalue weighted by Gasteiger charge is -2.28. The summed E-state index contributed by atoms with van der Waals surface area (Å²) in [6, 6.07) is -0.0914. The van der Waals surface area contributed by atoms with Gasteiger partial charge < -0.3 is 15.3 Å². The maximum atomic E-state index is 12.3. The molecule has 0 unspecified atom stereocenters. The maximum Gasteiger partial charge on any atom is 0.317 e. The number of likely N-dealkylation sites (tertiary alicyclic amines) is 1. The number of aliphatic carboxylic acids is 1. The van der Waals surface area contributed by atoms with Crippen molar-refractivity contribution in [2.45, 2.75) is 58.8 Å². The highest BCUT2D eigenvalue weighted by atomic mass is 16.4. The average Bonchev–Trinajstić information content (AvgIpc) is 3.13. The Morgan fingerprint density at radius 1 is 1.14 bits per heavy atom. The zero-order chi connectivity index (χ0) is 15.5. The second-order valence-corrected chi connectivity index (χ2v) is 6.83. The van der Waals surface area contributed by atoms with Gasteiger partial charge in [-0.25, -0.2) is 4.79 Å². The van der Waals surface area contributed by atoms with Gasteiger partial charge in [0.15, 0.2) is 0 Å². The van der Waals surface area contributed by atoms with Gasteiger partial charge in [0.25, 0.3) is 0 Å². The van der Waals surface area contributed by atoms with Crippen molar-refractivity contribution >= 4 is 12.0 Å². The van der Waals surface area contributed by atoms with E-state index in [0.717, 1.165) is 45.2 Å². The van der Waals surface area contributed by atoms with E-state index in [1.165, 1.54) is 0 Å². The smallest absolute Gasteiger partial charge is 0.317 e. The first-order valence-corrected chi connectivity index (χ1v) is 8.23. The number of hydrogen-bond acceptors (Lipinski definition) is 2. The van der Waals surface area contributed by atoms with Gasteiger partial charge in [-0.1, -0.05) is 26.7 Å². The molecule has 0 aromatic carbocycles. The van der Waals surface area contributed by atoms with Gasteiger partial charge in [-0.3, -0.25) is 4.79 Å². The lowest BCUT2D eigenvalue weighted by atomic mass is 9.82. The number of carbonyl (C=O) groups excluding carboxylic acids is 1. The molecule has 2 fully saturated rings. The van der Waals surface area contributed by atoms with Gasteiger partial charge in [-0.15, -0.1) is 0 Å². The summed E-state index contributed by atoms with van der Waals surface area (Å²) in [4.78, 5) is 25.7. The molecule has 1 saturated carbocycles. The van der Waals surface area contributed by atoms with Gasteiger partial charge in [-0.05, 0) is 37.5 Å².